The molecule has 6 nitrogen and oxygen atoms in total. The zero-order valence-electron chi connectivity index (χ0n) is 15.0. The highest BCUT2D eigenvalue weighted by molar-refractivity contribution is 5.86. The number of carbonyl (C=O) groups is 1. The topological polar surface area (TPSA) is 77.2 Å². The van der Waals surface area contributed by atoms with Gasteiger partial charge in [0.15, 0.2) is 0 Å². The number of hydrogen-bond donors (Lipinski definition) is 1. The molecule has 0 saturated heterocycles. The lowest BCUT2D eigenvalue weighted by Crippen LogP contribution is -2.33. The van der Waals surface area contributed by atoms with E-state index in [-0.39, 0.29) is 18.1 Å². The van der Waals surface area contributed by atoms with E-state index in [4.69, 9.17) is 4.74 Å². The maximum atomic E-state index is 11.4. The quantitative estimate of drug-likeness (QED) is 0.471. The molecule has 1 fully saturated rings. The normalized spacial score (nSPS) is 23.9. The number of esters is 1. The van der Waals surface area contributed by atoms with Crippen LogP contribution in [0, 0.1) is 12.8 Å². The first kappa shape index (κ1) is 18.6. The van der Waals surface area contributed by atoms with Gasteiger partial charge in [-0.2, -0.15) is 15.0 Å². The first-order valence-corrected chi connectivity index (χ1v) is 8.85. The van der Waals surface area contributed by atoms with Crippen molar-refractivity contribution in [1.29, 1.82) is 0 Å². The van der Waals surface area contributed by atoms with Gasteiger partial charge in [-0.25, -0.2) is 4.79 Å². The van der Waals surface area contributed by atoms with Crippen LogP contribution >= 0.6 is 0 Å². The van der Waals surface area contributed by atoms with E-state index < -0.39 is 0 Å². The summed E-state index contributed by atoms with van der Waals surface area (Å²) < 4.78 is 5.14. The molecule has 1 saturated carbocycles. The lowest BCUT2D eigenvalue weighted by molar-refractivity contribution is -0.139. The molecule has 1 aromatic rings. The van der Waals surface area contributed by atoms with E-state index >= 15 is 0 Å². The van der Waals surface area contributed by atoms with Crippen LogP contribution in [0.5, 0.6) is 0 Å². The van der Waals surface area contributed by atoms with Crippen molar-refractivity contribution in [3.63, 3.8) is 0 Å². The molecule has 6 heteroatoms. The molecule has 1 heterocycles. The van der Waals surface area contributed by atoms with Crippen LogP contribution in [0.1, 0.15) is 63.4 Å². The number of aromatic nitrogens is 3. The Labute approximate surface area is 143 Å². The minimum absolute atomic E-state index is 0.0549. The SMILES string of the molecule is C=C(C)C(=O)OCCCC1CCC(O)C(n2nc(C)c(CC)n2)C1. The van der Waals surface area contributed by atoms with Crippen LogP contribution in [0.4, 0.5) is 0 Å². The monoisotopic (exact) mass is 335 g/mol. The Bertz CT molecular complexity index is 582. The van der Waals surface area contributed by atoms with Gasteiger partial charge in [0, 0.05) is 5.57 Å². The van der Waals surface area contributed by atoms with Crippen LogP contribution in [-0.4, -0.2) is 38.8 Å². The van der Waals surface area contributed by atoms with E-state index in [9.17, 15) is 9.90 Å². The van der Waals surface area contributed by atoms with Gasteiger partial charge in [0.1, 0.15) is 0 Å². The van der Waals surface area contributed by atoms with Gasteiger partial charge in [0.25, 0.3) is 0 Å². The van der Waals surface area contributed by atoms with E-state index in [1.165, 1.54) is 0 Å². The molecule has 1 aliphatic rings. The highest BCUT2D eigenvalue weighted by Crippen LogP contribution is 2.34. The van der Waals surface area contributed by atoms with Gasteiger partial charge in [-0.1, -0.05) is 13.5 Å². The molecule has 1 N–H and O–H groups in total. The zero-order valence-corrected chi connectivity index (χ0v) is 15.0. The predicted octanol–water partition coefficient (Wildman–Crippen LogP) is 2.75. The standard InChI is InChI=1S/C18H29N3O3/c1-5-15-13(4)19-21(20-15)16-11-14(8-9-17(16)22)7-6-10-24-18(23)12(2)3/h14,16-17,22H,2,5-11H2,1,3-4H3. The van der Waals surface area contributed by atoms with E-state index in [0.29, 0.717) is 18.1 Å². The van der Waals surface area contributed by atoms with E-state index in [0.717, 1.165) is 49.9 Å². The van der Waals surface area contributed by atoms with Crippen molar-refractivity contribution < 1.29 is 14.6 Å². The molecule has 0 amide bonds. The lowest BCUT2D eigenvalue weighted by atomic mass is 9.81. The van der Waals surface area contributed by atoms with Crippen molar-refractivity contribution in [3.8, 4) is 0 Å². The molecule has 1 aromatic heterocycles. The molecular weight excluding hydrogens is 306 g/mol. The van der Waals surface area contributed by atoms with Crippen LogP contribution in [0.3, 0.4) is 0 Å². The van der Waals surface area contributed by atoms with E-state index in [1.54, 1.807) is 11.7 Å². The Morgan fingerprint density at radius 2 is 2.17 bits per heavy atom. The van der Waals surface area contributed by atoms with Crippen LogP contribution < -0.4 is 0 Å². The molecule has 0 radical (unpaired) electrons. The molecule has 3 atom stereocenters. The summed E-state index contributed by atoms with van der Waals surface area (Å²) in [5.41, 5.74) is 2.37. The van der Waals surface area contributed by atoms with Crippen molar-refractivity contribution in [2.75, 3.05) is 6.61 Å². The van der Waals surface area contributed by atoms with Gasteiger partial charge < -0.3 is 9.84 Å². The molecule has 0 aliphatic heterocycles. The number of aliphatic hydroxyl groups is 1. The smallest absolute Gasteiger partial charge is 0.333 e. The lowest BCUT2D eigenvalue weighted by Gasteiger charge is -2.32. The Morgan fingerprint density at radius 1 is 1.42 bits per heavy atom. The summed E-state index contributed by atoms with van der Waals surface area (Å²) in [5, 5.41) is 19.4. The van der Waals surface area contributed by atoms with Crippen LogP contribution in [0.25, 0.3) is 0 Å². The van der Waals surface area contributed by atoms with Crippen LogP contribution in [0.15, 0.2) is 12.2 Å². The van der Waals surface area contributed by atoms with Gasteiger partial charge in [-0.3, -0.25) is 0 Å². The summed E-state index contributed by atoms with van der Waals surface area (Å²) in [6, 6.07) is -0.0549. The molecule has 0 bridgehead atoms. The average molecular weight is 335 g/mol. The maximum Gasteiger partial charge on any atom is 0.333 e. The van der Waals surface area contributed by atoms with Crippen molar-refractivity contribution in [3.05, 3.63) is 23.5 Å². The average Bonchev–Trinajstić information content (AvgIpc) is 2.93. The van der Waals surface area contributed by atoms with Crippen molar-refractivity contribution in [1.82, 2.24) is 15.0 Å². The van der Waals surface area contributed by atoms with Crippen LogP contribution in [-0.2, 0) is 16.0 Å². The fourth-order valence-corrected chi connectivity index (χ4v) is 3.29. The third-order valence-corrected chi connectivity index (χ3v) is 4.75. The van der Waals surface area contributed by atoms with E-state index in [2.05, 4.69) is 23.7 Å². The number of hydrogen-bond acceptors (Lipinski definition) is 5. The Hall–Kier alpha value is -1.69. The van der Waals surface area contributed by atoms with Gasteiger partial charge in [-0.15, -0.1) is 0 Å². The first-order chi connectivity index (χ1) is 11.4. The van der Waals surface area contributed by atoms with Gasteiger partial charge >= 0.3 is 5.97 Å². The van der Waals surface area contributed by atoms with Crippen molar-refractivity contribution in [2.45, 2.75) is 71.4 Å². The molecule has 1 aliphatic carbocycles. The Balaban J connectivity index is 1.86. The summed E-state index contributed by atoms with van der Waals surface area (Å²) in [6.07, 6.45) is 4.90. The minimum atomic E-state index is -0.390. The highest BCUT2D eigenvalue weighted by Gasteiger charge is 2.32. The summed E-state index contributed by atoms with van der Waals surface area (Å²) in [4.78, 5) is 13.1. The number of aliphatic hydroxyl groups excluding tert-OH is 1. The first-order valence-electron chi connectivity index (χ1n) is 8.85. The zero-order chi connectivity index (χ0) is 17.7. The summed E-state index contributed by atoms with van der Waals surface area (Å²) in [6.45, 7) is 9.68. The van der Waals surface area contributed by atoms with Crippen molar-refractivity contribution in [2.24, 2.45) is 5.92 Å². The number of ether oxygens (including phenoxy) is 1. The number of rotatable bonds is 7. The summed E-state index contributed by atoms with van der Waals surface area (Å²) in [5.74, 6) is 0.175. The Morgan fingerprint density at radius 3 is 2.79 bits per heavy atom. The van der Waals surface area contributed by atoms with E-state index in [1.807, 2.05) is 6.92 Å². The largest absolute Gasteiger partial charge is 0.462 e. The molecular formula is C18H29N3O3. The molecule has 134 valence electrons. The van der Waals surface area contributed by atoms with Gasteiger partial charge in [-0.05, 0) is 58.3 Å². The molecule has 2 rings (SSSR count). The fourth-order valence-electron chi connectivity index (χ4n) is 3.29. The van der Waals surface area contributed by atoms with Crippen molar-refractivity contribution >= 4 is 5.97 Å². The second kappa shape index (κ2) is 8.42. The predicted molar refractivity (Wildman–Crippen MR) is 91.5 cm³/mol. The second-order valence-electron chi connectivity index (χ2n) is 6.78. The maximum absolute atomic E-state index is 11.4. The third-order valence-electron chi connectivity index (χ3n) is 4.75. The number of nitrogens with zero attached hydrogens (tertiary/aromatic N) is 3. The van der Waals surface area contributed by atoms with Crippen LogP contribution in [0.2, 0.25) is 0 Å². The minimum Gasteiger partial charge on any atom is -0.462 e. The Kier molecular flexibility index (Phi) is 6.54. The van der Waals surface area contributed by atoms with Gasteiger partial charge in [0.2, 0.25) is 0 Å². The summed E-state index contributed by atoms with van der Waals surface area (Å²) in [7, 11) is 0. The molecule has 24 heavy (non-hydrogen) atoms. The molecule has 3 unspecified atom stereocenters. The third kappa shape index (κ3) is 4.66. The number of aryl methyl sites for hydroxylation is 2. The second-order valence-corrected chi connectivity index (χ2v) is 6.78. The molecule has 0 spiro atoms. The van der Waals surface area contributed by atoms with Gasteiger partial charge in [0.05, 0.1) is 30.1 Å². The molecule has 0 aromatic carbocycles. The number of carbonyl (C=O) groups excluding carboxylic acids is 1. The summed E-state index contributed by atoms with van der Waals surface area (Å²) >= 11 is 0. The fraction of sp³-hybridized carbons (Fsp3) is 0.722. The highest BCUT2D eigenvalue weighted by atomic mass is 16.5.